The lowest BCUT2D eigenvalue weighted by Gasteiger charge is -2.32. The van der Waals surface area contributed by atoms with Crippen LogP contribution in [0, 0.1) is 5.92 Å². The number of nitrogens with one attached hydrogen (secondary N) is 5. The Morgan fingerprint density at radius 1 is 0.593 bits per heavy atom. The molecular formula is C71H82ClN9O5. The average molecular weight is 1180 g/mol. The number of fused-ring (bicyclic) bond motifs is 1. The minimum atomic E-state index is -0.695. The van der Waals surface area contributed by atoms with Crippen LogP contribution in [0.1, 0.15) is 107 Å². The molecule has 6 aromatic carbocycles. The van der Waals surface area contributed by atoms with Gasteiger partial charge in [-0.05, 0) is 127 Å². The van der Waals surface area contributed by atoms with E-state index in [1.807, 2.05) is 89.8 Å². The van der Waals surface area contributed by atoms with E-state index in [-0.39, 0.29) is 71.7 Å². The van der Waals surface area contributed by atoms with Crippen LogP contribution in [0.2, 0.25) is 5.02 Å². The molecule has 448 valence electrons. The maximum atomic E-state index is 14.0. The first-order chi connectivity index (χ1) is 41.9. The van der Waals surface area contributed by atoms with E-state index in [2.05, 4.69) is 116 Å². The molecule has 10 rings (SSSR count). The van der Waals surface area contributed by atoms with Crippen LogP contribution in [0.15, 0.2) is 188 Å². The van der Waals surface area contributed by atoms with Crippen LogP contribution >= 0.6 is 11.6 Å². The molecule has 0 unspecified atom stereocenters. The fraction of sp³-hybridized carbons (Fsp3) is 0.352. The van der Waals surface area contributed by atoms with Gasteiger partial charge < -0.3 is 36.0 Å². The van der Waals surface area contributed by atoms with Crippen molar-refractivity contribution in [3.8, 4) is 0 Å². The summed E-state index contributed by atoms with van der Waals surface area (Å²) < 4.78 is 0. The van der Waals surface area contributed by atoms with Crippen molar-refractivity contribution in [1.82, 2.24) is 46.3 Å². The van der Waals surface area contributed by atoms with Crippen molar-refractivity contribution in [3.05, 3.63) is 227 Å². The number of rotatable bonds is 21. The predicted molar refractivity (Wildman–Crippen MR) is 344 cm³/mol. The number of likely N-dealkylation sites (tertiary alicyclic amines) is 1. The molecule has 5 N–H and O–H groups in total. The van der Waals surface area contributed by atoms with Crippen LogP contribution in [0.3, 0.4) is 0 Å². The quantitative estimate of drug-likeness (QED) is 0.0440. The van der Waals surface area contributed by atoms with Crippen LogP contribution in [0.5, 0.6) is 0 Å². The molecule has 14 nitrogen and oxygen atoms in total. The van der Waals surface area contributed by atoms with Crippen LogP contribution in [-0.4, -0.2) is 139 Å². The van der Waals surface area contributed by atoms with Gasteiger partial charge in [-0.1, -0.05) is 171 Å². The molecule has 1 aromatic heterocycles. The molecular weight excluding hydrogens is 1090 g/mol. The molecule has 3 aliphatic heterocycles. The molecule has 0 bridgehead atoms. The van der Waals surface area contributed by atoms with E-state index in [0.717, 1.165) is 66.5 Å². The number of hydrogen-bond donors (Lipinski definition) is 5. The van der Waals surface area contributed by atoms with Gasteiger partial charge in [0.15, 0.2) is 0 Å². The number of benzene rings is 6. The molecule has 0 radical (unpaired) electrons. The fourth-order valence-electron chi connectivity index (χ4n) is 11.8. The first-order valence-corrected chi connectivity index (χ1v) is 31.0. The van der Waals surface area contributed by atoms with E-state index in [9.17, 15) is 24.0 Å². The van der Waals surface area contributed by atoms with Crippen molar-refractivity contribution in [1.29, 1.82) is 0 Å². The molecule has 0 spiro atoms. The maximum absolute atomic E-state index is 14.0. The van der Waals surface area contributed by atoms with E-state index in [0.29, 0.717) is 55.6 Å². The second-order valence-electron chi connectivity index (χ2n) is 23.1. The van der Waals surface area contributed by atoms with Gasteiger partial charge in [0.2, 0.25) is 17.7 Å². The summed E-state index contributed by atoms with van der Waals surface area (Å²) in [7, 11) is 0. The summed E-state index contributed by atoms with van der Waals surface area (Å²) in [5, 5.41) is 18.9. The third kappa shape index (κ3) is 18.3. The summed E-state index contributed by atoms with van der Waals surface area (Å²) in [6.45, 7) is 10.9. The molecule has 7 aromatic rings. The van der Waals surface area contributed by atoms with Gasteiger partial charge in [-0.2, -0.15) is 0 Å². The number of amides is 5. The third-order valence-electron chi connectivity index (χ3n) is 16.7. The normalized spacial score (nSPS) is 18.9. The standard InChI is InChI=1S/C36H36ClN5O3.C35H46N4O2/c37-29-17-14-26(15-18-29)16-19-34(43)39-23-30-20-22-42(25-31(27-9-3-1-4-10-27)28-11-5-2-6-12-28)36(45)33(41-30)24-40-35(44)32-13-7-8-21-38-32;1-26(2)32(28-12-5-3-6-13-28)25-39-22-17-31(37-33(35(39)41)18-21-38-19-9-4-10-20-38)24-36-34(40)30-16-15-27-11-7-8-14-29(27)23-30/h1-19,21,30-31,33,41H,20,22-25H2,(H,39,43)(H,40,44);3,5-8,11-16,23,26,31-33,37H,4,9-10,17-22,24-25H2,1-2H3,(H,36,40)/t30-,33-;31-,32+,33-/m00/s1. The van der Waals surface area contributed by atoms with Gasteiger partial charge in [-0.15, -0.1) is 0 Å². The van der Waals surface area contributed by atoms with Crippen molar-refractivity contribution in [2.24, 2.45) is 5.92 Å². The van der Waals surface area contributed by atoms with E-state index < -0.39 is 6.04 Å². The number of piperidine rings is 1. The van der Waals surface area contributed by atoms with E-state index in [1.54, 1.807) is 42.6 Å². The third-order valence-corrected chi connectivity index (χ3v) is 17.0. The lowest BCUT2D eigenvalue weighted by Crippen LogP contribution is -2.54. The Kier molecular flexibility index (Phi) is 23.2. The minimum Gasteiger partial charge on any atom is -0.351 e. The number of nitrogens with zero attached hydrogens (tertiary/aromatic N) is 4. The van der Waals surface area contributed by atoms with E-state index >= 15 is 0 Å². The SMILES string of the molecule is CC(C)[C@@H](CN1CC[C@@H](CNC(=O)c2ccc3ccccc3c2)N[C@@H](CCN2CCCCC2)C1=O)c1ccccc1.O=C(C=Cc1ccc(Cl)cc1)NC[C@@H]1CCN(CC(c2ccccc2)c2ccccc2)C(=O)[C@H](CNC(=O)c2ccccn2)N1. The highest BCUT2D eigenvalue weighted by Crippen LogP contribution is 2.29. The highest BCUT2D eigenvalue weighted by molar-refractivity contribution is 6.30. The zero-order chi connectivity index (χ0) is 60.0. The van der Waals surface area contributed by atoms with Gasteiger partial charge in [0.1, 0.15) is 11.7 Å². The monoisotopic (exact) mass is 1180 g/mol. The second-order valence-corrected chi connectivity index (χ2v) is 23.6. The molecule has 15 heteroatoms. The Balaban J connectivity index is 0.000000206. The molecule has 86 heavy (non-hydrogen) atoms. The topological polar surface area (TPSA) is 168 Å². The van der Waals surface area contributed by atoms with E-state index in [1.165, 1.54) is 30.9 Å². The second kappa shape index (κ2) is 31.9. The summed E-state index contributed by atoms with van der Waals surface area (Å²) in [5.74, 6) is 0.0964. The van der Waals surface area contributed by atoms with Crippen LogP contribution < -0.4 is 26.6 Å². The maximum Gasteiger partial charge on any atom is 0.269 e. The largest absolute Gasteiger partial charge is 0.351 e. The number of halogens is 1. The molecule has 5 amide bonds. The minimum absolute atomic E-state index is 0.0330. The van der Waals surface area contributed by atoms with Gasteiger partial charge in [-0.3, -0.25) is 34.3 Å². The Labute approximate surface area is 512 Å². The van der Waals surface area contributed by atoms with Crippen molar-refractivity contribution in [3.63, 3.8) is 0 Å². The molecule has 3 aliphatic rings. The molecule has 3 fully saturated rings. The van der Waals surface area contributed by atoms with Gasteiger partial charge in [0.25, 0.3) is 11.8 Å². The van der Waals surface area contributed by atoms with Crippen molar-refractivity contribution in [2.75, 3.05) is 65.4 Å². The van der Waals surface area contributed by atoms with Gasteiger partial charge in [0, 0.05) is 99.1 Å². The smallest absolute Gasteiger partial charge is 0.269 e. The Hall–Kier alpha value is -8.01. The lowest BCUT2D eigenvalue weighted by atomic mass is 9.87. The first kappa shape index (κ1) is 62.5. The summed E-state index contributed by atoms with van der Waals surface area (Å²) >= 11 is 5.95. The Morgan fingerprint density at radius 2 is 1.16 bits per heavy atom. The van der Waals surface area contributed by atoms with Crippen LogP contribution in [-0.2, 0) is 14.4 Å². The number of carbonyl (C=O) groups excluding carboxylic acids is 5. The van der Waals surface area contributed by atoms with Gasteiger partial charge >= 0.3 is 0 Å². The predicted octanol–water partition coefficient (Wildman–Crippen LogP) is 10.1. The van der Waals surface area contributed by atoms with Crippen LogP contribution in [0.25, 0.3) is 16.8 Å². The number of carbonyl (C=O) groups is 5. The number of hydrogen-bond acceptors (Lipinski definition) is 9. The molecule has 5 atom stereocenters. The van der Waals surface area contributed by atoms with Crippen molar-refractivity contribution in [2.45, 2.75) is 88.4 Å². The fourth-order valence-corrected chi connectivity index (χ4v) is 11.9. The molecule has 0 saturated carbocycles. The summed E-state index contributed by atoms with van der Waals surface area (Å²) in [5.41, 5.74) is 5.32. The zero-order valence-electron chi connectivity index (χ0n) is 49.5. The zero-order valence-corrected chi connectivity index (χ0v) is 50.3. The van der Waals surface area contributed by atoms with Crippen molar-refractivity contribution >= 4 is 58.0 Å². The van der Waals surface area contributed by atoms with Gasteiger partial charge in [-0.25, -0.2) is 0 Å². The Morgan fingerprint density at radius 3 is 1.80 bits per heavy atom. The first-order valence-electron chi connectivity index (χ1n) is 30.6. The molecule has 4 heterocycles. The highest BCUT2D eigenvalue weighted by atomic mass is 35.5. The van der Waals surface area contributed by atoms with Crippen LogP contribution in [0.4, 0.5) is 0 Å². The highest BCUT2D eigenvalue weighted by Gasteiger charge is 2.35. The molecule has 3 saturated heterocycles. The lowest BCUT2D eigenvalue weighted by molar-refractivity contribution is -0.133. The Bertz CT molecular complexity index is 3270. The summed E-state index contributed by atoms with van der Waals surface area (Å²) in [4.78, 5) is 77.2. The number of aromatic nitrogens is 1. The van der Waals surface area contributed by atoms with Gasteiger partial charge in [0.05, 0.1) is 6.04 Å². The molecule has 0 aliphatic carbocycles. The number of pyridine rings is 1. The van der Waals surface area contributed by atoms with Crippen molar-refractivity contribution < 1.29 is 24.0 Å². The summed E-state index contributed by atoms with van der Waals surface area (Å²) in [6, 6.07) is 56.1. The summed E-state index contributed by atoms with van der Waals surface area (Å²) in [6.07, 6.45) is 10.8. The average Bonchev–Trinajstić information content (AvgIpc) is 4.02. The van der Waals surface area contributed by atoms with E-state index in [4.69, 9.17) is 11.6 Å².